The molecule has 1 amide bonds. The van der Waals surface area contributed by atoms with E-state index in [-0.39, 0.29) is 5.91 Å². The number of benzene rings is 2. The molecule has 2 aromatic carbocycles. The van der Waals surface area contributed by atoms with Gasteiger partial charge in [0, 0.05) is 38.9 Å². The summed E-state index contributed by atoms with van der Waals surface area (Å²) in [5, 5.41) is 0.881. The average molecular weight is 397 g/mol. The number of hydrogen-bond donors (Lipinski definition) is 0. The predicted octanol–water partition coefficient (Wildman–Crippen LogP) is 3.02. The number of thioether (sulfide) groups is 1. The molecule has 1 aliphatic rings. The number of imidazole rings is 1. The second-order valence-corrected chi connectivity index (χ2v) is 7.74. The summed E-state index contributed by atoms with van der Waals surface area (Å²) in [6.07, 6.45) is 0. The number of carbonyl (C=O) groups is 1. The highest BCUT2D eigenvalue weighted by Gasteiger charge is 2.22. The van der Waals surface area contributed by atoms with E-state index in [1.165, 1.54) is 17.4 Å². The average Bonchev–Trinajstić information content (AvgIpc) is 3.08. The molecule has 0 N–H and O–H groups in total. The lowest BCUT2D eigenvalue weighted by Gasteiger charge is -2.36. The van der Waals surface area contributed by atoms with Crippen LogP contribution in [0.15, 0.2) is 53.7 Å². The minimum absolute atomic E-state index is 0.173. The van der Waals surface area contributed by atoms with Crippen LogP contribution in [0.3, 0.4) is 0 Å². The van der Waals surface area contributed by atoms with Crippen molar-refractivity contribution in [3.63, 3.8) is 0 Å². The summed E-state index contributed by atoms with van der Waals surface area (Å²) < 4.78 is 7.27. The van der Waals surface area contributed by atoms with E-state index in [1.807, 2.05) is 48.3 Å². The summed E-state index contributed by atoms with van der Waals surface area (Å²) in [5.41, 5.74) is 3.22. The van der Waals surface area contributed by atoms with Crippen LogP contribution < -0.4 is 9.64 Å². The third kappa shape index (κ3) is 3.80. The number of fused-ring (bicyclic) bond motifs is 1. The first-order valence-electron chi connectivity index (χ1n) is 9.37. The Morgan fingerprint density at radius 2 is 1.79 bits per heavy atom. The summed E-state index contributed by atoms with van der Waals surface area (Å²) in [5.74, 6) is 1.45. The Hall–Kier alpha value is -2.67. The van der Waals surface area contributed by atoms with Crippen molar-refractivity contribution in [2.24, 2.45) is 7.05 Å². The Labute approximate surface area is 169 Å². The smallest absolute Gasteiger partial charge is 0.233 e. The molecule has 0 bridgehead atoms. The lowest BCUT2D eigenvalue weighted by Crippen LogP contribution is -2.49. The van der Waals surface area contributed by atoms with Crippen molar-refractivity contribution in [1.29, 1.82) is 0 Å². The minimum atomic E-state index is 0.173. The second-order valence-electron chi connectivity index (χ2n) is 6.80. The van der Waals surface area contributed by atoms with Gasteiger partial charge in [-0.25, -0.2) is 4.98 Å². The van der Waals surface area contributed by atoms with E-state index >= 15 is 0 Å². The zero-order valence-corrected chi connectivity index (χ0v) is 17.0. The Balaban J connectivity index is 1.31. The Morgan fingerprint density at radius 3 is 2.46 bits per heavy atom. The van der Waals surface area contributed by atoms with Crippen LogP contribution in [-0.2, 0) is 11.8 Å². The largest absolute Gasteiger partial charge is 0.497 e. The van der Waals surface area contributed by atoms with Gasteiger partial charge in [0.05, 0.1) is 23.9 Å². The molecule has 0 saturated carbocycles. The highest BCUT2D eigenvalue weighted by atomic mass is 32.2. The van der Waals surface area contributed by atoms with E-state index in [4.69, 9.17) is 4.74 Å². The number of ether oxygens (including phenoxy) is 1. The van der Waals surface area contributed by atoms with Crippen molar-refractivity contribution in [1.82, 2.24) is 14.5 Å². The van der Waals surface area contributed by atoms with Crippen LogP contribution >= 0.6 is 11.8 Å². The van der Waals surface area contributed by atoms with Crippen molar-refractivity contribution in [2.75, 3.05) is 43.9 Å². The third-order valence-electron chi connectivity index (χ3n) is 5.14. The van der Waals surface area contributed by atoms with Crippen molar-refractivity contribution in [3.05, 3.63) is 48.5 Å². The molecule has 28 heavy (non-hydrogen) atoms. The number of hydrogen-bond acceptors (Lipinski definition) is 5. The number of aryl methyl sites for hydroxylation is 1. The molecule has 0 atom stereocenters. The van der Waals surface area contributed by atoms with Crippen LogP contribution in [0.2, 0.25) is 0 Å². The fourth-order valence-corrected chi connectivity index (χ4v) is 4.37. The van der Waals surface area contributed by atoms with E-state index in [9.17, 15) is 4.79 Å². The Kier molecular flexibility index (Phi) is 5.43. The molecule has 1 aromatic heterocycles. The lowest BCUT2D eigenvalue weighted by molar-refractivity contribution is -0.128. The fraction of sp³-hybridized carbons (Fsp3) is 0.333. The van der Waals surface area contributed by atoms with Gasteiger partial charge in [-0.1, -0.05) is 23.9 Å². The summed E-state index contributed by atoms with van der Waals surface area (Å²) in [6.45, 7) is 3.17. The minimum Gasteiger partial charge on any atom is -0.497 e. The number of rotatable bonds is 5. The van der Waals surface area contributed by atoms with Crippen LogP contribution in [0, 0.1) is 0 Å². The molecule has 0 unspecified atom stereocenters. The highest BCUT2D eigenvalue weighted by molar-refractivity contribution is 7.99. The maximum absolute atomic E-state index is 12.7. The molecule has 4 rings (SSSR count). The molecule has 0 aliphatic carbocycles. The monoisotopic (exact) mass is 396 g/mol. The van der Waals surface area contributed by atoms with E-state index < -0.39 is 0 Å². The van der Waals surface area contributed by atoms with E-state index in [0.717, 1.165) is 48.1 Å². The first-order chi connectivity index (χ1) is 13.7. The van der Waals surface area contributed by atoms with Gasteiger partial charge in [-0.2, -0.15) is 0 Å². The number of aromatic nitrogens is 2. The van der Waals surface area contributed by atoms with Gasteiger partial charge in [0.25, 0.3) is 0 Å². The standard InChI is InChI=1S/C21H24N4O2S/c1-23-19-6-4-3-5-18(19)22-21(23)28-15-20(26)25-13-11-24(12-14-25)16-7-9-17(27-2)10-8-16/h3-10H,11-15H2,1-2H3. The molecule has 1 saturated heterocycles. The number of nitrogens with zero attached hydrogens (tertiary/aromatic N) is 4. The van der Waals surface area contributed by atoms with Crippen LogP contribution in [0.1, 0.15) is 0 Å². The Morgan fingerprint density at radius 1 is 1.07 bits per heavy atom. The maximum Gasteiger partial charge on any atom is 0.233 e. The van der Waals surface area contributed by atoms with Crippen LogP contribution in [0.25, 0.3) is 11.0 Å². The van der Waals surface area contributed by atoms with Gasteiger partial charge in [0.15, 0.2) is 5.16 Å². The third-order valence-corrected chi connectivity index (χ3v) is 6.16. The quantitative estimate of drug-likeness (QED) is 0.621. The van der Waals surface area contributed by atoms with Crippen molar-refractivity contribution in [3.8, 4) is 5.75 Å². The molecular weight excluding hydrogens is 372 g/mol. The van der Waals surface area contributed by atoms with Crippen molar-refractivity contribution < 1.29 is 9.53 Å². The highest BCUT2D eigenvalue weighted by Crippen LogP contribution is 2.24. The molecule has 7 heteroatoms. The van der Waals surface area contributed by atoms with Crippen LogP contribution in [0.5, 0.6) is 5.75 Å². The summed E-state index contributed by atoms with van der Waals surface area (Å²) in [4.78, 5) is 21.6. The van der Waals surface area contributed by atoms with Gasteiger partial charge < -0.3 is 19.1 Å². The molecule has 1 fully saturated rings. The zero-order valence-electron chi connectivity index (χ0n) is 16.2. The van der Waals surface area contributed by atoms with Gasteiger partial charge in [0.1, 0.15) is 5.75 Å². The van der Waals surface area contributed by atoms with E-state index in [1.54, 1.807) is 7.11 Å². The molecule has 146 valence electrons. The molecule has 3 aromatic rings. The van der Waals surface area contributed by atoms with Crippen molar-refractivity contribution >= 4 is 34.4 Å². The van der Waals surface area contributed by atoms with Crippen molar-refractivity contribution in [2.45, 2.75) is 5.16 Å². The van der Waals surface area contributed by atoms with Gasteiger partial charge in [-0.3, -0.25) is 4.79 Å². The molecule has 2 heterocycles. The van der Waals surface area contributed by atoms with E-state index in [0.29, 0.717) is 5.75 Å². The topological polar surface area (TPSA) is 50.6 Å². The molecule has 0 spiro atoms. The molecule has 1 aliphatic heterocycles. The number of methoxy groups -OCH3 is 1. The normalized spacial score (nSPS) is 14.5. The number of anilines is 1. The first-order valence-corrected chi connectivity index (χ1v) is 10.4. The van der Waals surface area contributed by atoms with Gasteiger partial charge >= 0.3 is 0 Å². The van der Waals surface area contributed by atoms with Gasteiger partial charge in [-0.05, 0) is 36.4 Å². The number of carbonyl (C=O) groups excluding carboxylic acids is 1. The van der Waals surface area contributed by atoms with Crippen LogP contribution in [0.4, 0.5) is 5.69 Å². The fourth-order valence-electron chi connectivity index (χ4n) is 3.48. The van der Waals surface area contributed by atoms with Crippen LogP contribution in [-0.4, -0.2) is 59.4 Å². The molecule has 6 nitrogen and oxygen atoms in total. The number of piperazine rings is 1. The van der Waals surface area contributed by atoms with Gasteiger partial charge in [0.2, 0.25) is 5.91 Å². The predicted molar refractivity (Wildman–Crippen MR) is 113 cm³/mol. The summed E-state index contributed by atoms with van der Waals surface area (Å²) in [6, 6.07) is 16.1. The number of para-hydroxylation sites is 2. The SMILES string of the molecule is COc1ccc(N2CCN(C(=O)CSc3nc4ccccc4n3C)CC2)cc1. The maximum atomic E-state index is 12.7. The zero-order chi connectivity index (χ0) is 19.5. The summed E-state index contributed by atoms with van der Waals surface area (Å²) in [7, 11) is 3.67. The second kappa shape index (κ2) is 8.14. The summed E-state index contributed by atoms with van der Waals surface area (Å²) >= 11 is 1.51. The molecule has 0 radical (unpaired) electrons. The first kappa shape index (κ1) is 18.7. The Bertz CT molecular complexity index is 962. The van der Waals surface area contributed by atoms with Gasteiger partial charge in [-0.15, -0.1) is 0 Å². The lowest BCUT2D eigenvalue weighted by atomic mass is 10.2. The number of amides is 1. The molecular formula is C21H24N4O2S. The van der Waals surface area contributed by atoms with E-state index in [2.05, 4.69) is 26.6 Å².